The second kappa shape index (κ2) is 6.24. The van der Waals surface area contributed by atoms with Crippen LogP contribution in [0, 0.1) is 0 Å². The maximum atomic E-state index is 12.2. The fourth-order valence-corrected chi connectivity index (χ4v) is 3.37. The maximum Gasteiger partial charge on any atom is 0.261 e. The highest BCUT2D eigenvalue weighted by Gasteiger charge is 2.30. The predicted molar refractivity (Wildman–Crippen MR) is 83.1 cm³/mol. The summed E-state index contributed by atoms with van der Waals surface area (Å²) in [7, 11) is 1.42. The van der Waals surface area contributed by atoms with Crippen molar-refractivity contribution in [1.29, 1.82) is 0 Å². The van der Waals surface area contributed by atoms with Crippen LogP contribution in [-0.2, 0) is 13.8 Å². The molecule has 1 aromatic carbocycles. The maximum absolute atomic E-state index is 12.2. The summed E-state index contributed by atoms with van der Waals surface area (Å²) in [5, 5.41) is 2.77. The van der Waals surface area contributed by atoms with E-state index in [1.807, 2.05) is 6.92 Å². The lowest BCUT2D eigenvalue weighted by Crippen LogP contribution is -2.40. The van der Waals surface area contributed by atoms with Gasteiger partial charge in [-0.25, -0.2) is 8.42 Å². The van der Waals surface area contributed by atoms with E-state index in [1.165, 1.54) is 18.2 Å². The smallest absolute Gasteiger partial charge is 0.261 e. The first-order valence-electron chi connectivity index (χ1n) is 6.38. The van der Waals surface area contributed by atoms with Gasteiger partial charge in [0.05, 0.1) is 16.1 Å². The van der Waals surface area contributed by atoms with Crippen LogP contribution in [-0.4, -0.2) is 33.1 Å². The first-order chi connectivity index (χ1) is 9.71. The molecule has 1 aliphatic rings. The highest BCUT2D eigenvalue weighted by molar-refractivity contribution is 9.10. The Kier molecular flexibility index (Phi) is 4.97. The number of hydrogen-bond acceptors (Lipinski definition) is 4. The van der Waals surface area contributed by atoms with Crippen LogP contribution in [0.1, 0.15) is 30.1 Å². The van der Waals surface area contributed by atoms with Crippen LogP contribution >= 0.6 is 26.6 Å². The Bertz CT molecular complexity index is 656. The number of hydrogen-bond donors (Lipinski definition) is 1. The Hall–Kier alpha value is -0.630. The number of benzene rings is 1. The highest BCUT2D eigenvalue weighted by Crippen LogP contribution is 2.25. The van der Waals surface area contributed by atoms with Crippen LogP contribution < -0.4 is 5.32 Å². The number of carbonyl (C=O) groups is 1. The second-order valence-electron chi connectivity index (χ2n) is 5.16. The molecular formula is C13H15BrClNO4S. The minimum Gasteiger partial charge on any atom is -0.373 e. The lowest BCUT2D eigenvalue weighted by molar-refractivity contribution is 0.0206. The lowest BCUT2D eigenvalue weighted by atomic mass is 10.0. The second-order valence-corrected chi connectivity index (χ2v) is 8.58. The molecule has 1 heterocycles. The third-order valence-electron chi connectivity index (χ3n) is 3.39. The molecule has 0 spiro atoms. The van der Waals surface area contributed by atoms with Gasteiger partial charge < -0.3 is 10.1 Å². The quantitative estimate of drug-likeness (QED) is 0.794. The summed E-state index contributed by atoms with van der Waals surface area (Å²) in [6.45, 7) is 3.00. The molecule has 1 saturated heterocycles. The molecule has 1 amide bonds. The monoisotopic (exact) mass is 395 g/mol. The van der Waals surface area contributed by atoms with E-state index in [-0.39, 0.29) is 22.0 Å². The highest BCUT2D eigenvalue weighted by atomic mass is 79.9. The van der Waals surface area contributed by atoms with Crippen LogP contribution in [0.3, 0.4) is 0 Å². The summed E-state index contributed by atoms with van der Waals surface area (Å²) in [4.78, 5) is 12.1. The molecule has 21 heavy (non-hydrogen) atoms. The zero-order valence-corrected chi connectivity index (χ0v) is 14.5. The van der Waals surface area contributed by atoms with E-state index in [0.29, 0.717) is 17.6 Å². The molecule has 0 aliphatic carbocycles. The van der Waals surface area contributed by atoms with Gasteiger partial charge in [-0.15, -0.1) is 0 Å². The van der Waals surface area contributed by atoms with Crippen molar-refractivity contribution in [3.05, 3.63) is 28.2 Å². The number of rotatable bonds is 4. The Labute approximate surface area is 136 Å². The van der Waals surface area contributed by atoms with Gasteiger partial charge >= 0.3 is 0 Å². The largest absolute Gasteiger partial charge is 0.373 e. The summed E-state index contributed by atoms with van der Waals surface area (Å²) in [6, 6.07) is 4.07. The van der Waals surface area contributed by atoms with Crippen LogP contribution in [0.15, 0.2) is 27.6 Å². The summed E-state index contributed by atoms with van der Waals surface area (Å²) < 4.78 is 28.8. The Morgan fingerprint density at radius 2 is 2.24 bits per heavy atom. The number of ether oxygens (including phenoxy) is 1. The van der Waals surface area contributed by atoms with Crippen LogP contribution in [0.25, 0.3) is 0 Å². The molecule has 1 unspecified atom stereocenters. The van der Waals surface area contributed by atoms with Gasteiger partial charge in [0, 0.05) is 28.3 Å². The molecule has 1 N–H and O–H groups in total. The van der Waals surface area contributed by atoms with Gasteiger partial charge in [-0.3, -0.25) is 4.79 Å². The van der Waals surface area contributed by atoms with E-state index in [9.17, 15) is 13.2 Å². The van der Waals surface area contributed by atoms with Crippen molar-refractivity contribution in [2.45, 2.75) is 30.3 Å². The Morgan fingerprint density at radius 1 is 1.52 bits per heavy atom. The number of nitrogens with one attached hydrogen (secondary N) is 1. The molecule has 0 aromatic heterocycles. The van der Waals surface area contributed by atoms with E-state index in [2.05, 4.69) is 21.2 Å². The molecular weight excluding hydrogens is 382 g/mol. The van der Waals surface area contributed by atoms with Crippen molar-refractivity contribution in [1.82, 2.24) is 5.32 Å². The summed E-state index contributed by atoms with van der Waals surface area (Å²) in [5.74, 6) is -0.374. The normalized spacial score (nSPS) is 22.2. The molecule has 1 fully saturated rings. The van der Waals surface area contributed by atoms with Crippen molar-refractivity contribution >= 4 is 41.6 Å². The lowest BCUT2D eigenvalue weighted by Gasteiger charge is -2.23. The van der Waals surface area contributed by atoms with Gasteiger partial charge in [0.1, 0.15) is 0 Å². The van der Waals surface area contributed by atoms with Crippen molar-refractivity contribution in [3.63, 3.8) is 0 Å². The van der Waals surface area contributed by atoms with Gasteiger partial charge in [-0.05, 0) is 53.9 Å². The van der Waals surface area contributed by atoms with E-state index in [0.717, 1.165) is 12.8 Å². The molecule has 0 radical (unpaired) electrons. The molecule has 1 aromatic rings. The van der Waals surface area contributed by atoms with Crippen molar-refractivity contribution in [2.75, 3.05) is 13.2 Å². The first kappa shape index (κ1) is 16.7. The fraction of sp³-hybridized carbons (Fsp3) is 0.462. The molecule has 1 atom stereocenters. The third-order valence-corrected chi connectivity index (χ3v) is 5.43. The summed E-state index contributed by atoms with van der Waals surface area (Å²) in [5.41, 5.74) is -0.142. The zero-order valence-electron chi connectivity index (χ0n) is 11.4. The van der Waals surface area contributed by atoms with Gasteiger partial charge in [0.15, 0.2) is 0 Å². The SMILES string of the molecule is CC1(CNC(=O)c2cc(S(=O)(=O)Cl)ccc2Br)CCCO1. The molecule has 116 valence electrons. The molecule has 2 rings (SSSR count). The fourth-order valence-electron chi connectivity index (χ4n) is 2.17. The molecule has 5 nitrogen and oxygen atoms in total. The van der Waals surface area contributed by atoms with Gasteiger partial charge in [-0.2, -0.15) is 0 Å². The Morgan fingerprint density at radius 3 is 2.81 bits per heavy atom. The van der Waals surface area contributed by atoms with Crippen molar-refractivity contribution < 1.29 is 17.9 Å². The molecule has 0 bridgehead atoms. The average Bonchev–Trinajstić information content (AvgIpc) is 2.83. The van der Waals surface area contributed by atoms with E-state index >= 15 is 0 Å². The van der Waals surface area contributed by atoms with Gasteiger partial charge in [0.2, 0.25) is 0 Å². The van der Waals surface area contributed by atoms with Gasteiger partial charge in [0.25, 0.3) is 15.0 Å². The number of carbonyl (C=O) groups excluding carboxylic acids is 1. The predicted octanol–water partition coefficient (Wildman–Crippen LogP) is 2.68. The topological polar surface area (TPSA) is 72.5 Å². The van der Waals surface area contributed by atoms with Crippen molar-refractivity contribution in [3.8, 4) is 0 Å². The minimum atomic E-state index is -3.87. The minimum absolute atomic E-state index is 0.110. The standard InChI is InChI=1S/C13H15BrClNO4S/c1-13(5-2-6-20-13)8-16-12(17)10-7-9(21(15,18)19)3-4-11(10)14/h3-4,7H,2,5-6,8H2,1H3,(H,16,17). The number of amides is 1. The number of halogens is 2. The molecule has 0 saturated carbocycles. The van der Waals surface area contributed by atoms with Crippen LogP contribution in [0.4, 0.5) is 0 Å². The van der Waals surface area contributed by atoms with Crippen LogP contribution in [0.5, 0.6) is 0 Å². The van der Waals surface area contributed by atoms with Gasteiger partial charge in [-0.1, -0.05) is 0 Å². The Balaban J connectivity index is 2.15. The molecule has 8 heteroatoms. The first-order valence-corrected chi connectivity index (χ1v) is 9.48. The third kappa shape index (κ3) is 4.18. The van der Waals surface area contributed by atoms with E-state index in [1.54, 1.807) is 0 Å². The van der Waals surface area contributed by atoms with E-state index in [4.69, 9.17) is 15.4 Å². The van der Waals surface area contributed by atoms with Crippen molar-refractivity contribution in [2.24, 2.45) is 0 Å². The van der Waals surface area contributed by atoms with E-state index < -0.39 is 9.05 Å². The average molecular weight is 397 g/mol. The zero-order chi connectivity index (χ0) is 15.7. The summed E-state index contributed by atoms with van der Waals surface area (Å²) in [6.07, 6.45) is 1.85. The van der Waals surface area contributed by atoms with Crippen LogP contribution in [0.2, 0.25) is 0 Å². The summed E-state index contributed by atoms with van der Waals surface area (Å²) >= 11 is 3.23. The molecule has 1 aliphatic heterocycles.